The number of rotatable bonds is 4. The highest BCUT2D eigenvalue weighted by atomic mass is 79.9. The first-order valence-corrected chi connectivity index (χ1v) is 8.78. The number of hydrogen-bond acceptors (Lipinski definition) is 5. The van der Waals surface area contributed by atoms with Gasteiger partial charge in [-0.05, 0) is 18.2 Å². The number of ether oxygens (including phenoxy) is 1. The summed E-state index contributed by atoms with van der Waals surface area (Å²) in [4.78, 5) is 24.0. The Balaban J connectivity index is 1.51. The third-order valence-corrected chi connectivity index (χ3v) is 4.52. The standard InChI is InChI=1S/C16H15BrClFN4O2/c17-11-1-2-13(12(19)7-11)25-9-16(24)23-5-3-22(4-6-23)15-8-14(18)20-10-21-15/h1-2,7-8,10H,3-6,9H2. The lowest BCUT2D eigenvalue weighted by Gasteiger charge is -2.35. The van der Waals surface area contributed by atoms with Gasteiger partial charge in [-0.15, -0.1) is 0 Å². The molecule has 0 radical (unpaired) electrons. The minimum Gasteiger partial charge on any atom is -0.481 e. The first-order valence-electron chi connectivity index (χ1n) is 7.61. The fraction of sp³-hybridized carbons (Fsp3) is 0.312. The Hall–Kier alpha value is -1.93. The van der Waals surface area contributed by atoms with E-state index < -0.39 is 5.82 Å². The van der Waals surface area contributed by atoms with Crippen molar-refractivity contribution in [1.82, 2.24) is 14.9 Å². The van der Waals surface area contributed by atoms with Crippen molar-refractivity contribution in [3.05, 3.63) is 46.0 Å². The number of amides is 1. The molecule has 9 heteroatoms. The highest BCUT2D eigenvalue weighted by Gasteiger charge is 2.22. The molecule has 2 aromatic rings. The van der Waals surface area contributed by atoms with Gasteiger partial charge in [0, 0.05) is 36.7 Å². The van der Waals surface area contributed by atoms with E-state index >= 15 is 0 Å². The molecule has 1 aromatic carbocycles. The number of carbonyl (C=O) groups is 1. The molecule has 0 spiro atoms. The Morgan fingerprint density at radius 3 is 2.68 bits per heavy atom. The second-order valence-corrected chi connectivity index (χ2v) is 6.73. The number of halogens is 3. The molecule has 1 fully saturated rings. The number of piperazine rings is 1. The Kier molecular flexibility index (Phi) is 5.70. The van der Waals surface area contributed by atoms with Crippen LogP contribution in [0.4, 0.5) is 10.2 Å². The molecule has 132 valence electrons. The number of nitrogens with zero attached hydrogens (tertiary/aromatic N) is 4. The van der Waals surface area contributed by atoms with Gasteiger partial charge in [0.15, 0.2) is 18.2 Å². The van der Waals surface area contributed by atoms with Crippen LogP contribution in [0.1, 0.15) is 0 Å². The Morgan fingerprint density at radius 2 is 2.00 bits per heavy atom. The van der Waals surface area contributed by atoms with Crippen molar-refractivity contribution in [2.24, 2.45) is 0 Å². The summed E-state index contributed by atoms with van der Waals surface area (Å²) in [6, 6.07) is 6.14. The van der Waals surface area contributed by atoms with Gasteiger partial charge in [-0.25, -0.2) is 14.4 Å². The first kappa shape index (κ1) is 17.9. The molecule has 0 N–H and O–H groups in total. The van der Waals surface area contributed by atoms with Gasteiger partial charge in [-0.1, -0.05) is 27.5 Å². The van der Waals surface area contributed by atoms with Crippen LogP contribution in [0.5, 0.6) is 5.75 Å². The summed E-state index contributed by atoms with van der Waals surface area (Å²) in [6.45, 7) is 2.13. The minimum absolute atomic E-state index is 0.0609. The molecule has 0 saturated carbocycles. The van der Waals surface area contributed by atoms with Gasteiger partial charge in [0.05, 0.1) is 0 Å². The summed E-state index contributed by atoms with van der Waals surface area (Å²) in [7, 11) is 0. The third-order valence-electron chi connectivity index (χ3n) is 3.82. The van der Waals surface area contributed by atoms with E-state index in [-0.39, 0.29) is 18.3 Å². The monoisotopic (exact) mass is 428 g/mol. The zero-order chi connectivity index (χ0) is 17.8. The van der Waals surface area contributed by atoms with Crippen LogP contribution in [-0.4, -0.2) is 53.6 Å². The van der Waals surface area contributed by atoms with Gasteiger partial charge in [0.2, 0.25) is 0 Å². The predicted octanol–water partition coefficient (Wildman–Crippen LogP) is 2.76. The van der Waals surface area contributed by atoms with E-state index in [0.29, 0.717) is 35.8 Å². The van der Waals surface area contributed by atoms with Crippen molar-refractivity contribution in [3.63, 3.8) is 0 Å². The molecular formula is C16H15BrClFN4O2. The molecule has 0 bridgehead atoms. The van der Waals surface area contributed by atoms with E-state index in [9.17, 15) is 9.18 Å². The predicted molar refractivity (Wildman–Crippen MR) is 95.4 cm³/mol. The maximum absolute atomic E-state index is 13.7. The highest BCUT2D eigenvalue weighted by Crippen LogP contribution is 2.21. The maximum atomic E-state index is 13.7. The Bertz CT molecular complexity index is 772. The van der Waals surface area contributed by atoms with Crippen LogP contribution in [-0.2, 0) is 4.79 Å². The van der Waals surface area contributed by atoms with E-state index in [1.54, 1.807) is 17.0 Å². The summed E-state index contributed by atoms with van der Waals surface area (Å²) < 4.78 is 19.6. The van der Waals surface area contributed by atoms with Crippen molar-refractivity contribution in [1.29, 1.82) is 0 Å². The van der Waals surface area contributed by atoms with Gasteiger partial charge in [0.25, 0.3) is 5.91 Å². The van der Waals surface area contributed by atoms with Crippen molar-refractivity contribution in [3.8, 4) is 5.75 Å². The van der Waals surface area contributed by atoms with Crippen LogP contribution in [0.3, 0.4) is 0 Å². The maximum Gasteiger partial charge on any atom is 0.260 e. The lowest BCUT2D eigenvalue weighted by atomic mass is 10.3. The fourth-order valence-corrected chi connectivity index (χ4v) is 2.98. The van der Waals surface area contributed by atoms with Gasteiger partial charge in [0.1, 0.15) is 17.3 Å². The SMILES string of the molecule is O=C(COc1ccc(Br)cc1F)N1CCN(c2cc(Cl)ncn2)CC1. The van der Waals surface area contributed by atoms with E-state index in [4.69, 9.17) is 16.3 Å². The van der Waals surface area contributed by atoms with E-state index in [0.717, 1.165) is 5.82 Å². The number of benzene rings is 1. The molecule has 1 aromatic heterocycles. The van der Waals surface area contributed by atoms with Crippen LogP contribution in [0.25, 0.3) is 0 Å². The van der Waals surface area contributed by atoms with Crippen molar-refractivity contribution in [2.75, 3.05) is 37.7 Å². The number of aromatic nitrogens is 2. The van der Waals surface area contributed by atoms with Crippen LogP contribution < -0.4 is 9.64 Å². The van der Waals surface area contributed by atoms with Crippen LogP contribution in [0, 0.1) is 5.82 Å². The average molecular weight is 430 g/mol. The van der Waals surface area contributed by atoms with Crippen LogP contribution >= 0.6 is 27.5 Å². The molecule has 0 aliphatic carbocycles. The smallest absolute Gasteiger partial charge is 0.260 e. The molecule has 6 nitrogen and oxygen atoms in total. The zero-order valence-corrected chi connectivity index (χ0v) is 15.5. The van der Waals surface area contributed by atoms with E-state index in [1.165, 1.54) is 18.5 Å². The highest BCUT2D eigenvalue weighted by molar-refractivity contribution is 9.10. The van der Waals surface area contributed by atoms with Crippen molar-refractivity contribution in [2.45, 2.75) is 0 Å². The van der Waals surface area contributed by atoms with Gasteiger partial charge in [-0.3, -0.25) is 4.79 Å². The van der Waals surface area contributed by atoms with Gasteiger partial charge < -0.3 is 14.5 Å². The molecule has 1 saturated heterocycles. The summed E-state index contributed by atoms with van der Waals surface area (Å²) in [5, 5.41) is 0.383. The molecule has 1 amide bonds. The lowest BCUT2D eigenvalue weighted by Crippen LogP contribution is -2.50. The lowest BCUT2D eigenvalue weighted by molar-refractivity contribution is -0.133. The largest absolute Gasteiger partial charge is 0.481 e. The second-order valence-electron chi connectivity index (χ2n) is 5.43. The number of anilines is 1. The van der Waals surface area contributed by atoms with Crippen LogP contribution in [0.15, 0.2) is 35.1 Å². The fourth-order valence-electron chi connectivity index (χ4n) is 2.51. The Labute approximate surface area is 157 Å². The molecule has 2 heterocycles. The van der Waals surface area contributed by atoms with Gasteiger partial charge in [-0.2, -0.15) is 0 Å². The second kappa shape index (κ2) is 7.97. The molecule has 3 rings (SSSR count). The number of carbonyl (C=O) groups excluding carboxylic acids is 1. The van der Waals surface area contributed by atoms with Crippen LogP contribution in [0.2, 0.25) is 5.15 Å². The van der Waals surface area contributed by atoms with E-state index in [1.807, 2.05) is 4.90 Å². The first-order chi connectivity index (χ1) is 12.0. The normalized spacial score (nSPS) is 14.5. The average Bonchev–Trinajstić information content (AvgIpc) is 2.61. The van der Waals surface area contributed by atoms with Gasteiger partial charge >= 0.3 is 0 Å². The molecular weight excluding hydrogens is 415 g/mol. The molecule has 0 unspecified atom stereocenters. The topological polar surface area (TPSA) is 58.6 Å². The number of hydrogen-bond donors (Lipinski definition) is 0. The van der Waals surface area contributed by atoms with Crippen molar-refractivity contribution < 1.29 is 13.9 Å². The summed E-state index contributed by atoms with van der Waals surface area (Å²) in [5.74, 6) is 0.112. The third kappa shape index (κ3) is 4.58. The van der Waals surface area contributed by atoms with Crippen molar-refractivity contribution >= 4 is 39.3 Å². The van der Waals surface area contributed by atoms with E-state index in [2.05, 4.69) is 25.9 Å². The zero-order valence-electron chi connectivity index (χ0n) is 13.2. The Morgan fingerprint density at radius 1 is 1.24 bits per heavy atom. The summed E-state index contributed by atoms with van der Waals surface area (Å²) in [5.41, 5.74) is 0. The molecule has 25 heavy (non-hydrogen) atoms. The molecule has 1 aliphatic rings. The molecule has 1 aliphatic heterocycles. The summed E-state index contributed by atoms with van der Waals surface area (Å²) in [6.07, 6.45) is 1.41. The molecule has 0 atom stereocenters. The quantitative estimate of drug-likeness (QED) is 0.700. The minimum atomic E-state index is -0.507. The summed E-state index contributed by atoms with van der Waals surface area (Å²) >= 11 is 9.05.